The molecule has 3 rings (SSSR count). The quantitative estimate of drug-likeness (QED) is 0.341. The molecule has 1 saturated heterocycles. The van der Waals surface area contributed by atoms with Crippen molar-refractivity contribution in [2.75, 3.05) is 32.4 Å². The molecule has 2 heterocycles. The molecule has 27 heavy (non-hydrogen) atoms. The van der Waals surface area contributed by atoms with E-state index in [4.69, 9.17) is 4.74 Å². The number of thioether (sulfide) groups is 1. The molecule has 1 N–H and O–H groups in total. The van der Waals surface area contributed by atoms with E-state index in [0.717, 1.165) is 41.1 Å². The average Bonchev–Trinajstić information content (AvgIpc) is 3.18. The first kappa shape index (κ1) is 20.1. The van der Waals surface area contributed by atoms with Crippen molar-refractivity contribution in [3.63, 3.8) is 0 Å². The van der Waals surface area contributed by atoms with Gasteiger partial charge in [0.2, 0.25) is 0 Å². The Morgan fingerprint density at radius 1 is 1.41 bits per heavy atom. The van der Waals surface area contributed by atoms with Crippen LogP contribution in [0, 0.1) is 5.82 Å². The number of morpholine rings is 1. The molecule has 0 spiro atoms. The molecular weight excluding hydrogens is 383 g/mol. The van der Waals surface area contributed by atoms with Crippen molar-refractivity contribution in [2.24, 2.45) is 4.99 Å². The van der Waals surface area contributed by atoms with E-state index >= 15 is 0 Å². The zero-order valence-electron chi connectivity index (χ0n) is 15.6. The van der Waals surface area contributed by atoms with Gasteiger partial charge in [0.25, 0.3) is 0 Å². The number of hydrogen-bond donors (Lipinski definition) is 1. The van der Waals surface area contributed by atoms with Gasteiger partial charge >= 0.3 is 0 Å². The summed E-state index contributed by atoms with van der Waals surface area (Å²) in [4.78, 5) is 10.9. The van der Waals surface area contributed by atoms with Crippen LogP contribution in [0.3, 0.4) is 0 Å². The molecule has 1 fully saturated rings. The number of aromatic nitrogens is 1. The molecule has 2 aromatic rings. The normalized spacial score (nSPS) is 20.7. The monoisotopic (exact) mass is 408 g/mol. The molecule has 1 aliphatic heterocycles. The Morgan fingerprint density at radius 3 is 2.93 bits per heavy atom. The van der Waals surface area contributed by atoms with Crippen molar-refractivity contribution < 1.29 is 9.13 Å². The zero-order valence-corrected chi connectivity index (χ0v) is 17.2. The molecule has 8 heteroatoms. The number of guanidine groups is 1. The number of nitrogens with zero attached hydrogens (tertiary/aromatic N) is 3. The molecule has 1 aromatic heterocycles. The molecule has 0 radical (unpaired) electrons. The number of aliphatic imine (C=N–C) groups is 1. The lowest BCUT2D eigenvalue weighted by molar-refractivity contribution is -0.0604. The van der Waals surface area contributed by atoms with Crippen molar-refractivity contribution in [1.29, 1.82) is 0 Å². The van der Waals surface area contributed by atoms with Gasteiger partial charge < -0.3 is 15.0 Å². The first-order valence-electron chi connectivity index (χ1n) is 9.04. The maximum Gasteiger partial charge on any atom is 0.193 e. The summed E-state index contributed by atoms with van der Waals surface area (Å²) in [6.45, 7) is 4.40. The highest BCUT2D eigenvalue weighted by molar-refractivity contribution is 8.00. The van der Waals surface area contributed by atoms with Crippen LogP contribution >= 0.6 is 23.1 Å². The van der Waals surface area contributed by atoms with Crippen LogP contribution in [0.4, 0.5) is 4.39 Å². The van der Waals surface area contributed by atoms with Crippen molar-refractivity contribution >= 4 is 29.1 Å². The van der Waals surface area contributed by atoms with E-state index in [9.17, 15) is 4.39 Å². The summed E-state index contributed by atoms with van der Waals surface area (Å²) in [5.41, 5.74) is 0.989. The summed E-state index contributed by atoms with van der Waals surface area (Å²) in [7, 11) is 1.81. The second-order valence-corrected chi connectivity index (χ2v) is 8.60. The van der Waals surface area contributed by atoms with Crippen molar-refractivity contribution in [2.45, 2.75) is 29.9 Å². The Kier molecular flexibility index (Phi) is 7.49. The fraction of sp³-hybridized carbons (Fsp3) is 0.474. The predicted molar refractivity (Wildman–Crippen MR) is 110 cm³/mol. The third-order valence-electron chi connectivity index (χ3n) is 4.25. The third kappa shape index (κ3) is 5.92. The lowest BCUT2D eigenvalue weighted by atomic mass is 10.1. The summed E-state index contributed by atoms with van der Waals surface area (Å²) in [6.07, 6.45) is 2.86. The minimum Gasteiger partial charge on any atom is -0.367 e. The van der Waals surface area contributed by atoms with Gasteiger partial charge in [0, 0.05) is 37.5 Å². The molecule has 0 saturated carbocycles. The van der Waals surface area contributed by atoms with Gasteiger partial charge in [0.05, 0.1) is 12.6 Å². The van der Waals surface area contributed by atoms with E-state index < -0.39 is 0 Å². The number of ether oxygens (including phenoxy) is 1. The van der Waals surface area contributed by atoms with Crippen LogP contribution in [0.15, 0.2) is 45.2 Å². The second kappa shape index (κ2) is 10.1. The van der Waals surface area contributed by atoms with Gasteiger partial charge in [-0.3, -0.25) is 4.99 Å². The SMILES string of the molecule is CN=C(NCCCSc1nccs1)N1CC(C)OC(c2ccc(F)cc2)C1. The Morgan fingerprint density at radius 2 is 2.22 bits per heavy atom. The van der Waals surface area contributed by atoms with E-state index in [1.54, 1.807) is 42.3 Å². The Balaban J connectivity index is 1.50. The van der Waals surface area contributed by atoms with Crippen LogP contribution in [-0.4, -0.2) is 54.4 Å². The number of nitrogens with one attached hydrogen (secondary N) is 1. The predicted octanol–water partition coefficient (Wildman–Crippen LogP) is 3.80. The van der Waals surface area contributed by atoms with Gasteiger partial charge in [-0.15, -0.1) is 11.3 Å². The number of halogens is 1. The van der Waals surface area contributed by atoms with Crippen LogP contribution in [0.1, 0.15) is 25.0 Å². The molecule has 0 bridgehead atoms. The van der Waals surface area contributed by atoms with E-state index in [-0.39, 0.29) is 18.0 Å². The summed E-state index contributed by atoms with van der Waals surface area (Å²) in [5, 5.41) is 5.45. The van der Waals surface area contributed by atoms with E-state index in [0.29, 0.717) is 6.54 Å². The van der Waals surface area contributed by atoms with Gasteiger partial charge in [-0.25, -0.2) is 9.37 Å². The number of hydrogen-bond acceptors (Lipinski definition) is 5. The molecule has 5 nitrogen and oxygen atoms in total. The smallest absolute Gasteiger partial charge is 0.193 e. The average molecular weight is 409 g/mol. The maximum absolute atomic E-state index is 13.2. The van der Waals surface area contributed by atoms with Crippen LogP contribution in [0.25, 0.3) is 0 Å². The molecule has 146 valence electrons. The lowest BCUT2D eigenvalue weighted by Crippen LogP contribution is -2.50. The molecular formula is C19H25FN4OS2. The lowest BCUT2D eigenvalue weighted by Gasteiger charge is -2.38. The van der Waals surface area contributed by atoms with Crippen molar-refractivity contribution in [1.82, 2.24) is 15.2 Å². The van der Waals surface area contributed by atoms with Crippen LogP contribution in [-0.2, 0) is 4.74 Å². The molecule has 2 atom stereocenters. The number of thiazole rings is 1. The highest BCUT2D eigenvalue weighted by atomic mass is 32.2. The Labute approximate surface area is 168 Å². The van der Waals surface area contributed by atoms with Crippen LogP contribution < -0.4 is 5.32 Å². The first-order valence-corrected chi connectivity index (χ1v) is 10.9. The summed E-state index contributed by atoms with van der Waals surface area (Å²) >= 11 is 3.46. The molecule has 1 aromatic carbocycles. The van der Waals surface area contributed by atoms with E-state index in [1.165, 1.54) is 12.1 Å². The molecule has 1 aliphatic rings. The van der Waals surface area contributed by atoms with Gasteiger partial charge in [0.1, 0.15) is 16.3 Å². The fourth-order valence-corrected chi connectivity index (χ4v) is 4.68. The van der Waals surface area contributed by atoms with Crippen LogP contribution in [0.2, 0.25) is 0 Å². The van der Waals surface area contributed by atoms with E-state index in [1.807, 2.05) is 11.6 Å². The Bertz CT molecular complexity index is 724. The van der Waals surface area contributed by atoms with E-state index in [2.05, 4.69) is 27.1 Å². The molecule has 2 unspecified atom stereocenters. The summed E-state index contributed by atoms with van der Waals surface area (Å²) < 4.78 is 20.4. The molecule has 0 amide bonds. The van der Waals surface area contributed by atoms with Gasteiger partial charge in [-0.2, -0.15) is 0 Å². The van der Waals surface area contributed by atoms with Gasteiger partial charge in [-0.1, -0.05) is 23.9 Å². The zero-order chi connectivity index (χ0) is 19.1. The van der Waals surface area contributed by atoms with Crippen molar-refractivity contribution in [3.8, 4) is 0 Å². The van der Waals surface area contributed by atoms with Gasteiger partial charge in [-0.05, 0) is 31.0 Å². The fourth-order valence-electron chi connectivity index (χ4n) is 3.03. The Hall–Kier alpha value is -1.64. The first-order chi connectivity index (χ1) is 13.2. The molecule has 0 aliphatic carbocycles. The highest BCUT2D eigenvalue weighted by Crippen LogP contribution is 2.25. The minimum atomic E-state index is -0.229. The number of rotatable bonds is 6. The van der Waals surface area contributed by atoms with Crippen LogP contribution in [0.5, 0.6) is 0 Å². The third-order valence-corrected chi connectivity index (χ3v) is 6.31. The topological polar surface area (TPSA) is 49.8 Å². The van der Waals surface area contributed by atoms with Crippen molar-refractivity contribution in [3.05, 3.63) is 47.2 Å². The number of benzene rings is 1. The maximum atomic E-state index is 13.2. The minimum absolute atomic E-state index is 0.0767. The summed E-state index contributed by atoms with van der Waals surface area (Å²) in [6, 6.07) is 6.55. The largest absolute Gasteiger partial charge is 0.367 e. The second-order valence-electron chi connectivity index (χ2n) is 6.37. The van der Waals surface area contributed by atoms with Gasteiger partial charge in [0.15, 0.2) is 5.96 Å². The standard InChI is InChI=1S/C19H25FN4OS2/c1-14-12-24(13-17(25-14)15-4-6-16(20)7-5-15)18(21-2)22-8-3-10-26-19-23-9-11-27-19/h4-7,9,11,14,17H,3,8,10,12-13H2,1-2H3,(H,21,22). The summed E-state index contributed by atoms with van der Waals surface area (Å²) in [5.74, 6) is 1.68. The highest BCUT2D eigenvalue weighted by Gasteiger charge is 2.28.